The van der Waals surface area contributed by atoms with E-state index in [2.05, 4.69) is 11.8 Å². The van der Waals surface area contributed by atoms with Gasteiger partial charge in [0.25, 0.3) is 0 Å². The van der Waals surface area contributed by atoms with Crippen LogP contribution in [-0.2, 0) is 22.6 Å². The van der Waals surface area contributed by atoms with Crippen molar-refractivity contribution in [2.24, 2.45) is 5.73 Å². The van der Waals surface area contributed by atoms with Gasteiger partial charge in [0.2, 0.25) is 0 Å². The van der Waals surface area contributed by atoms with E-state index in [1.165, 1.54) is 12.1 Å². The van der Waals surface area contributed by atoms with Crippen LogP contribution in [0.3, 0.4) is 0 Å². The normalized spacial score (nSPS) is 12.9. The lowest BCUT2D eigenvalue weighted by Crippen LogP contribution is -2.38. The molecule has 5 heteroatoms. The first-order valence-corrected chi connectivity index (χ1v) is 6.81. The van der Waals surface area contributed by atoms with Crippen LogP contribution in [-0.4, -0.2) is 44.9 Å². The van der Waals surface area contributed by atoms with Crippen LogP contribution in [0, 0.1) is 5.82 Å². The first-order chi connectivity index (χ1) is 9.62. The number of hydrogen-bond acceptors (Lipinski definition) is 4. The maximum absolute atomic E-state index is 13.2. The maximum atomic E-state index is 13.2. The fourth-order valence-corrected chi connectivity index (χ4v) is 2.17. The topological polar surface area (TPSA) is 47.7 Å². The second-order valence-electron chi connectivity index (χ2n) is 4.88. The van der Waals surface area contributed by atoms with E-state index < -0.39 is 0 Å². The van der Waals surface area contributed by atoms with Crippen molar-refractivity contribution in [3.05, 3.63) is 35.1 Å². The van der Waals surface area contributed by atoms with Crippen molar-refractivity contribution in [2.45, 2.75) is 26.1 Å². The monoisotopic (exact) mass is 284 g/mol. The van der Waals surface area contributed by atoms with E-state index in [0.29, 0.717) is 26.3 Å². The number of halogens is 1. The summed E-state index contributed by atoms with van der Waals surface area (Å²) in [6, 6.07) is 5.04. The van der Waals surface area contributed by atoms with Crippen LogP contribution in [0.15, 0.2) is 18.2 Å². The van der Waals surface area contributed by atoms with Gasteiger partial charge in [-0.1, -0.05) is 6.07 Å². The minimum absolute atomic E-state index is 0.248. The molecular weight excluding hydrogens is 259 g/mol. The number of methoxy groups -OCH3 is 2. The summed E-state index contributed by atoms with van der Waals surface area (Å²) in [6.07, 6.45) is 0. The summed E-state index contributed by atoms with van der Waals surface area (Å²) in [5, 5.41) is 0. The third-order valence-corrected chi connectivity index (χ3v) is 3.38. The molecule has 0 saturated carbocycles. The molecule has 0 aromatic heterocycles. The molecule has 1 aromatic carbocycles. The van der Waals surface area contributed by atoms with Gasteiger partial charge in [0, 0.05) is 39.9 Å². The largest absolute Gasteiger partial charge is 0.383 e. The zero-order chi connectivity index (χ0) is 15.0. The van der Waals surface area contributed by atoms with E-state index in [1.807, 2.05) is 0 Å². The lowest BCUT2D eigenvalue weighted by Gasteiger charge is -2.29. The van der Waals surface area contributed by atoms with Crippen LogP contribution < -0.4 is 5.73 Å². The Morgan fingerprint density at radius 2 is 2.00 bits per heavy atom. The van der Waals surface area contributed by atoms with Gasteiger partial charge in [0.15, 0.2) is 0 Å². The highest BCUT2D eigenvalue weighted by atomic mass is 19.1. The molecule has 0 aliphatic carbocycles. The lowest BCUT2D eigenvalue weighted by molar-refractivity contribution is 0.0703. The predicted molar refractivity (Wildman–Crippen MR) is 77.9 cm³/mol. The van der Waals surface area contributed by atoms with Gasteiger partial charge >= 0.3 is 0 Å². The van der Waals surface area contributed by atoms with Crippen LogP contribution in [0.4, 0.5) is 4.39 Å². The van der Waals surface area contributed by atoms with E-state index in [-0.39, 0.29) is 11.9 Å². The van der Waals surface area contributed by atoms with Crippen molar-refractivity contribution >= 4 is 0 Å². The molecule has 2 N–H and O–H groups in total. The molecule has 1 rings (SSSR count). The molecule has 0 aliphatic heterocycles. The number of benzene rings is 1. The summed E-state index contributed by atoms with van der Waals surface area (Å²) < 4.78 is 23.6. The van der Waals surface area contributed by atoms with E-state index in [9.17, 15) is 4.39 Å². The molecule has 0 bridgehead atoms. The Balaban J connectivity index is 2.82. The van der Waals surface area contributed by atoms with Gasteiger partial charge in [0.05, 0.1) is 13.2 Å². The van der Waals surface area contributed by atoms with E-state index in [1.54, 1.807) is 20.3 Å². The van der Waals surface area contributed by atoms with Crippen molar-refractivity contribution in [3.8, 4) is 0 Å². The van der Waals surface area contributed by atoms with Gasteiger partial charge in [-0.05, 0) is 30.2 Å². The Morgan fingerprint density at radius 1 is 1.25 bits per heavy atom. The molecule has 0 saturated heterocycles. The second kappa shape index (κ2) is 9.02. The van der Waals surface area contributed by atoms with E-state index >= 15 is 0 Å². The molecule has 0 aliphatic rings. The number of hydrogen-bond donors (Lipinski definition) is 1. The number of nitrogens with two attached hydrogens (primary N) is 1. The Kier molecular flexibility index (Phi) is 7.69. The minimum atomic E-state index is -0.248. The summed E-state index contributed by atoms with van der Waals surface area (Å²) in [5.74, 6) is -0.248. The van der Waals surface area contributed by atoms with Crippen LogP contribution in [0.25, 0.3) is 0 Å². The quantitative estimate of drug-likeness (QED) is 0.751. The zero-order valence-corrected chi connectivity index (χ0v) is 12.6. The lowest BCUT2D eigenvalue weighted by atomic mass is 10.1. The van der Waals surface area contributed by atoms with Crippen LogP contribution in [0.1, 0.15) is 18.1 Å². The second-order valence-corrected chi connectivity index (χ2v) is 4.88. The molecule has 0 amide bonds. The molecule has 4 nitrogen and oxygen atoms in total. The Bertz CT molecular complexity index is 401. The summed E-state index contributed by atoms with van der Waals surface area (Å²) in [4.78, 5) is 2.25. The molecule has 20 heavy (non-hydrogen) atoms. The minimum Gasteiger partial charge on any atom is -0.383 e. The summed E-state index contributed by atoms with van der Waals surface area (Å²) in [5.41, 5.74) is 7.59. The predicted octanol–water partition coefficient (Wildman–Crippen LogP) is 1.77. The highest BCUT2D eigenvalue weighted by Gasteiger charge is 2.15. The molecule has 1 atom stereocenters. The fourth-order valence-electron chi connectivity index (χ4n) is 2.17. The van der Waals surface area contributed by atoms with Gasteiger partial charge < -0.3 is 15.2 Å². The third kappa shape index (κ3) is 5.17. The first-order valence-electron chi connectivity index (χ1n) is 6.81. The highest BCUT2D eigenvalue weighted by molar-refractivity contribution is 5.27. The molecule has 0 fully saturated rings. The average molecular weight is 284 g/mol. The number of ether oxygens (including phenoxy) is 2. The number of rotatable bonds is 9. The van der Waals surface area contributed by atoms with Gasteiger partial charge in [-0.15, -0.1) is 0 Å². The summed E-state index contributed by atoms with van der Waals surface area (Å²) in [6.45, 7) is 5.23. The summed E-state index contributed by atoms with van der Waals surface area (Å²) in [7, 11) is 3.37. The average Bonchev–Trinajstić information content (AvgIpc) is 2.44. The van der Waals surface area contributed by atoms with Crippen LogP contribution >= 0.6 is 0 Å². The van der Waals surface area contributed by atoms with Gasteiger partial charge in [0.1, 0.15) is 5.82 Å². The van der Waals surface area contributed by atoms with Crippen molar-refractivity contribution < 1.29 is 13.9 Å². The Hall–Kier alpha value is -1.01. The van der Waals surface area contributed by atoms with E-state index in [0.717, 1.165) is 17.7 Å². The third-order valence-electron chi connectivity index (χ3n) is 3.38. The van der Waals surface area contributed by atoms with Gasteiger partial charge in [-0.3, -0.25) is 4.90 Å². The Morgan fingerprint density at radius 3 is 2.60 bits per heavy atom. The van der Waals surface area contributed by atoms with E-state index in [4.69, 9.17) is 15.2 Å². The molecule has 1 aromatic rings. The SMILES string of the molecule is COCCN(Cc1ccc(F)cc1CN)C(C)COC. The highest BCUT2D eigenvalue weighted by Crippen LogP contribution is 2.15. The smallest absolute Gasteiger partial charge is 0.123 e. The Labute approximate surface area is 120 Å². The standard InChI is InChI=1S/C15H25FN2O2/c1-12(11-20-3)18(6-7-19-2)10-13-4-5-15(16)8-14(13)9-17/h4-5,8,12H,6-7,9-11,17H2,1-3H3. The fraction of sp³-hybridized carbons (Fsp3) is 0.600. The molecular formula is C15H25FN2O2. The van der Waals surface area contributed by atoms with Crippen molar-refractivity contribution in [1.29, 1.82) is 0 Å². The molecule has 0 radical (unpaired) electrons. The van der Waals surface area contributed by atoms with Crippen LogP contribution in [0.5, 0.6) is 0 Å². The van der Waals surface area contributed by atoms with Gasteiger partial charge in [-0.25, -0.2) is 4.39 Å². The zero-order valence-electron chi connectivity index (χ0n) is 12.6. The number of nitrogens with zero attached hydrogens (tertiary/aromatic N) is 1. The molecule has 0 spiro atoms. The van der Waals surface area contributed by atoms with Crippen molar-refractivity contribution in [2.75, 3.05) is 34.0 Å². The molecule has 0 heterocycles. The molecule has 114 valence electrons. The maximum Gasteiger partial charge on any atom is 0.123 e. The van der Waals surface area contributed by atoms with Crippen LogP contribution in [0.2, 0.25) is 0 Å². The molecule has 1 unspecified atom stereocenters. The van der Waals surface area contributed by atoms with Crippen molar-refractivity contribution in [3.63, 3.8) is 0 Å². The van der Waals surface area contributed by atoms with Gasteiger partial charge in [-0.2, -0.15) is 0 Å². The first kappa shape index (κ1) is 17.0. The summed E-state index contributed by atoms with van der Waals surface area (Å²) >= 11 is 0. The van der Waals surface area contributed by atoms with Crippen molar-refractivity contribution in [1.82, 2.24) is 4.90 Å².